The fourth-order valence-electron chi connectivity index (χ4n) is 2.46. The van der Waals surface area contributed by atoms with Crippen LogP contribution in [0.2, 0.25) is 0 Å². The second kappa shape index (κ2) is 5.67. The van der Waals surface area contributed by atoms with Gasteiger partial charge < -0.3 is 0 Å². The predicted octanol–water partition coefficient (Wildman–Crippen LogP) is 3.05. The zero-order valence-electron chi connectivity index (χ0n) is 12.3. The molecule has 1 saturated carbocycles. The minimum Gasteiger partial charge on any atom is -0.241 e. The summed E-state index contributed by atoms with van der Waals surface area (Å²) in [5, 5.41) is 2.44. The molecule has 4 rings (SSSR count). The van der Waals surface area contributed by atoms with Crippen molar-refractivity contribution in [3.8, 4) is 0 Å². The maximum Gasteiger partial charge on any atom is 0.242 e. The van der Waals surface area contributed by atoms with Crippen LogP contribution in [0, 0.1) is 0 Å². The summed E-state index contributed by atoms with van der Waals surface area (Å²) < 4.78 is 28.7. The highest BCUT2D eigenvalue weighted by Crippen LogP contribution is 2.37. The minimum absolute atomic E-state index is 0.175. The van der Waals surface area contributed by atoms with Gasteiger partial charge in [-0.3, -0.25) is 0 Å². The van der Waals surface area contributed by atoms with Crippen LogP contribution >= 0.6 is 11.3 Å². The van der Waals surface area contributed by atoms with Crippen molar-refractivity contribution in [3.05, 3.63) is 53.4 Å². The minimum atomic E-state index is -3.56. The summed E-state index contributed by atoms with van der Waals surface area (Å²) >= 11 is 1.43. The van der Waals surface area contributed by atoms with Crippen LogP contribution in [0.15, 0.2) is 46.8 Å². The Hall–Kier alpha value is -1.83. The third-order valence-corrected chi connectivity index (χ3v) is 6.41. The number of hydrogen-bond acceptors (Lipinski definition) is 5. The molecule has 1 aliphatic carbocycles. The van der Waals surface area contributed by atoms with E-state index in [1.165, 1.54) is 11.3 Å². The van der Waals surface area contributed by atoms with Crippen molar-refractivity contribution in [1.82, 2.24) is 14.7 Å². The molecule has 3 aromatic rings. The molecule has 118 valence electrons. The Kier molecular flexibility index (Phi) is 3.63. The summed E-state index contributed by atoms with van der Waals surface area (Å²) in [6.45, 7) is 0.175. The van der Waals surface area contributed by atoms with E-state index in [0.29, 0.717) is 16.5 Å². The number of aromatic nitrogens is 2. The van der Waals surface area contributed by atoms with Crippen molar-refractivity contribution in [2.45, 2.75) is 30.2 Å². The molecule has 0 radical (unpaired) electrons. The van der Waals surface area contributed by atoms with Gasteiger partial charge in [0.2, 0.25) is 10.0 Å². The molecule has 0 aliphatic heterocycles. The molecule has 23 heavy (non-hydrogen) atoms. The van der Waals surface area contributed by atoms with Crippen LogP contribution in [0.1, 0.15) is 30.3 Å². The van der Waals surface area contributed by atoms with E-state index in [9.17, 15) is 8.42 Å². The molecular formula is C16H15N3O2S2. The Balaban J connectivity index is 1.56. The highest BCUT2D eigenvalue weighted by molar-refractivity contribution is 7.89. The molecule has 5 nitrogen and oxygen atoms in total. The maximum absolute atomic E-state index is 12.6. The van der Waals surface area contributed by atoms with Gasteiger partial charge in [0, 0.05) is 27.6 Å². The van der Waals surface area contributed by atoms with Crippen molar-refractivity contribution in [3.63, 3.8) is 0 Å². The summed E-state index contributed by atoms with van der Waals surface area (Å²) in [7, 11) is -3.56. The van der Waals surface area contributed by atoms with E-state index in [0.717, 1.165) is 28.8 Å². The molecule has 0 spiro atoms. The lowest BCUT2D eigenvalue weighted by atomic mass is 10.3. The van der Waals surface area contributed by atoms with E-state index >= 15 is 0 Å². The van der Waals surface area contributed by atoms with Crippen molar-refractivity contribution < 1.29 is 8.42 Å². The summed E-state index contributed by atoms with van der Waals surface area (Å²) in [6.07, 6.45) is 3.94. The lowest BCUT2D eigenvalue weighted by Gasteiger charge is -2.06. The molecule has 7 heteroatoms. The molecule has 0 atom stereocenters. The average Bonchev–Trinajstić information content (AvgIpc) is 3.32. The van der Waals surface area contributed by atoms with E-state index in [4.69, 9.17) is 0 Å². The molecule has 1 aromatic carbocycles. The zero-order chi connectivity index (χ0) is 15.9. The third-order valence-electron chi connectivity index (χ3n) is 3.85. The Morgan fingerprint density at radius 3 is 2.87 bits per heavy atom. The second-order valence-corrected chi connectivity index (χ2v) is 8.25. The standard InChI is InChI=1S/C16H15N3O2S2/c20-23(21,15-10-22-14-4-2-1-3-13(14)15)18-9-12-7-8-17-16(19-12)11-5-6-11/h1-4,7-8,10-11,18H,5-6,9H2. The molecule has 1 fully saturated rings. The van der Waals surface area contributed by atoms with Gasteiger partial charge in [0.05, 0.1) is 12.2 Å². The topological polar surface area (TPSA) is 72.0 Å². The number of nitrogens with one attached hydrogen (secondary N) is 1. The first-order valence-electron chi connectivity index (χ1n) is 7.41. The van der Waals surface area contributed by atoms with Gasteiger partial charge in [-0.2, -0.15) is 0 Å². The number of fused-ring (bicyclic) bond motifs is 1. The first kappa shape index (κ1) is 14.7. The molecule has 0 saturated heterocycles. The Labute approximate surface area is 138 Å². The molecule has 0 unspecified atom stereocenters. The van der Waals surface area contributed by atoms with Gasteiger partial charge in [-0.05, 0) is 25.0 Å². The predicted molar refractivity (Wildman–Crippen MR) is 89.9 cm³/mol. The molecule has 0 amide bonds. The lowest BCUT2D eigenvalue weighted by Crippen LogP contribution is -2.23. The Morgan fingerprint density at radius 2 is 2.04 bits per heavy atom. The van der Waals surface area contributed by atoms with Crippen LogP contribution in [0.4, 0.5) is 0 Å². The first-order valence-corrected chi connectivity index (χ1v) is 9.77. The molecular weight excluding hydrogens is 330 g/mol. The van der Waals surface area contributed by atoms with Gasteiger partial charge in [0.1, 0.15) is 10.7 Å². The molecule has 1 N–H and O–H groups in total. The quantitative estimate of drug-likeness (QED) is 0.771. The van der Waals surface area contributed by atoms with Crippen LogP contribution in [-0.2, 0) is 16.6 Å². The van der Waals surface area contributed by atoms with Gasteiger partial charge in [-0.25, -0.2) is 23.1 Å². The Bertz CT molecular complexity index is 962. The fourth-order valence-corrected chi connectivity index (χ4v) is 4.96. The first-order chi connectivity index (χ1) is 11.1. The van der Waals surface area contributed by atoms with Gasteiger partial charge in [-0.1, -0.05) is 18.2 Å². The number of nitrogens with zero attached hydrogens (tertiary/aromatic N) is 2. The van der Waals surface area contributed by atoms with Crippen molar-refractivity contribution in [2.75, 3.05) is 0 Å². The van der Waals surface area contributed by atoms with E-state index < -0.39 is 10.0 Å². The van der Waals surface area contributed by atoms with Gasteiger partial charge >= 0.3 is 0 Å². The smallest absolute Gasteiger partial charge is 0.241 e. The van der Waals surface area contributed by atoms with E-state index in [1.54, 1.807) is 17.6 Å². The number of hydrogen-bond donors (Lipinski definition) is 1. The van der Waals surface area contributed by atoms with Crippen LogP contribution in [0.5, 0.6) is 0 Å². The van der Waals surface area contributed by atoms with Crippen LogP contribution < -0.4 is 4.72 Å². The van der Waals surface area contributed by atoms with Crippen molar-refractivity contribution in [2.24, 2.45) is 0 Å². The second-order valence-electron chi connectivity index (χ2n) is 5.60. The zero-order valence-corrected chi connectivity index (χ0v) is 13.9. The molecule has 0 bridgehead atoms. The monoisotopic (exact) mass is 345 g/mol. The van der Waals surface area contributed by atoms with Gasteiger partial charge in [0.25, 0.3) is 0 Å². The average molecular weight is 345 g/mol. The van der Waals surface area contributed by atoms with E-state index in [1.807, 2.05) is 24.3 Å². The third kappa shape index (κ3) is 2.99. The van der Waals surface area contributed by atoms with Gasteiger partial charge in [-0.15, -0.1) is 11.3 Å². The largest absolute Gasteiger partial charge is 0.242 e. The highest BCUT2D eigenvalue weighted by Gasteiger charge is 2.26. The maximum atomic E-state index is 12.6. The van der Waals surface area contributed by atoms with E-state index in [-0.39, 0.29) is 6.54 Å². The van der Waals surface area contributed by atoms with Crippen molar-refractivity contribution >= 4 is 31.4 Å². The SMILES string of the molecule is O=S(=O)(NCc1ccnc(C2CC2)n1)c1csc2ccccc12. The number of rotatable bonds is 5. The highest BCUT2D eigenvalue weighted by atomic mass is 32.2. The summed E-state index contributed by atoms with van der Waals surface area (Å²) in [6, 6.07) is 9.26. The van der Waals surface area contributed by atoms with Crippen molar-refractivity contribution in [1.29, 1.82) is 0 Å². The number of thiophene rings is 1. The van der Waals surface area contributed by atoms with E-state index in [2.05, 4.69) is 14.7 Å². The summed E-state index contributed by atoms with van der Waals surface area (Å²) in [5.74, 6) is 1.27. The number of benzene rings is 1. The number of sulfonamides is 1. The normalized spacial score (nSPS) is 15.1. The molecule has 2 aromatic heterocycles. The lowest BCUT2D eigenvalue weighted by molar-refractivity contribution is 0.581. The van der Waals surface area contributed by atoms with Crippen LogP contribution in [-0.4, -0.2) is 18.4 Å². The molecule has 2 heterocycles. The fraction of sp³-hybridized carbons (Fsp3) is 0.250. The summed E-state index contributed by atoms with van der Waals surface area (Å²) in [4.78, 5) is 9.02. The summed E-state index contributed by atoms with van der Waals surface area (Å²) in [5.41, 5.74) is 0.699. The molecule has 1 aliphatic rings. The van der Waals surface area contributed by atoms with Crippen LogP contribution in [0.25, 0.3) is 10.1 Å². The van der Waals surface area contributed by atoms with Gasteiger partial charge in [0.15, 0.2) is 0 Å². The van der Waals surface area contributed by atoms with Crippen LogP contribution in [0.3, 0.4) is 0 Å². The Morgan fingerprint density at radius 1 is 1.22 bits per heavy atom.